The van der Waals surface area contributed by atoms with E-state index in [1.807, 2.05) is 0 Å². The number of nitro groups is 1. The highest BCUT2D eigenvalue weighted by molar-refractivity contribution is 5.96. The monoisotopic (exact) mass is 280 g/mol. The van der Waals surface area contributed by atoms with Gasteiger partial charge in [0.2, 0.25) is 0 Å². The Hall–Kier alpha value is -2.19. The molecule has 1 aromatic rings. The molecule has 3 N–H and O–H groups in total. The van der Waals surface area contributed by atoms with Gasteiger partial charge in [0.05, 0.1) is 11.0 Å². The number of nitrogens with one attached hydrogen (secondary N) is 1. The van der Waals surface area contributed by atoms with E-state index in [2.05, 4.69) is 5.43 Å². The Balaban J connectivity index is 2.23. The number of likely N-dealkylation sites (tertiary alicyclic amines) is 1. The quantitative estimate of drug-likeness (QED) is 0.478. The Kier molecular flexibility index (Phi) is 4.16. The van der Waals surface area contributed by atoms with Crippen molar-refractivity contribution in [3.05, 3.63) is 33.9 Å². The van der Waals surface area contributed by atoms with Crippen molar-refractivity contribution in [1.29, 1.82) is 0 Å². The number of rotatable bonds is 4. The molecule has 1 heterocycles. The zero-order valence-electron chi connectivity index (χ0n) is 11.0. The molecule has 1 aromatic carbocycles. The van der Waals surface area contributed by atoms with E-state index in [0.29, 0.717) is 13.1 Å². The van der Waals surface area contributed by atoms with Crippen molar-refractivity contribution in [3.63, 3.8) is 0 Å². The van der Waals surface area contributed by atoms with Crippen LogP contribution >= 0.6 is 0 Å². The lowest BCUT2D eigenvalue weighted by atomic mass is 10.1. The topological polar surface area (TPSA) is 111 Å². The predicted octanol–water partition coefficient (Wildman–Crippen LogP) is 0.741. The lowest BCUT2D eigenvalue weighted by Crippen LogP contribution is -2.30. The maximum Gasteiger partial charge on any atom is 0.294 e. The SMILES string of the molecule is COC1CCN(C(=O)c2ccc(NN)c([N+](=O)[O-])c2)C1. The van der Waals surface area contributed by atoms with Crippen LogP contribution in [-0.2, 0) is 4.74 Å². The van der Waals surface area contributed by atoms with Gasteiger partial charge in [-0.15, -0.1) is 0 Å². The summed E-state index contributed by atoms with van der Waals surface area (Å²) in [5, 5.41) is 10.9. The van der Waals surface area contributed by atoms with Gasteiger partial charge in [-0.1, -0.05) is 0 Å². The fourth-order valence-electron chi connectivity index (χ4n) is 2.23. The highest BCUT2D eigenvalue weighted by Crippen LogP contribution is 2.26. The number of methoxy groups -OCH3 is 1. The molecular formula is C12H16N4O4. The predicted molar refractivity (Wildman–Crippen MR) is 72.2 cm³/mol. The average molecular weight is 280 g/mol. The zero-order valence-corrected chi connectivity index (χ0v) is 11.0. The number of carbonyl (C=O) groups is 1. The van der Waals surface area contributed by atoms with E-state index in [9.17, 15) is 14.9 Å². The van der Waals surface area contributed by atoms with Gasteiger partial charge in [0, 0.05) is 31.8 Å². The van der Waals surface area contributed by atoms with Gasteiger partial charge < -0.3 is 15.1 Å². The molecule has 1 aliphatic rings. The summed E-state index contributed by atoms with van der Waals surface area (Å²) < 4.78 is 5.20. The molecule has 0 aromatic heterocycles. The molecule has 8 nitrogen and oxygen atoms in total. The molecule has 1 atom stereocenters. The molecule has 20 heavy (non-hydrogen) atoms. The van der Waals surface area contributed by atoms with Gasteiger partial charge in [0.25, 0.3) is 11.6 Å². The van der Waals surface area contributed by atoms with Crippen molar-refractivity contribution in [1.82, 2.24) is 4.90 Å². The van der Waals surface area contributed by atoms with Crippen LogP contribution in [0, 0.1) is 10.1 Å². The Morgan fingerprint density at radius 3 is 2.90 bits per heavy atom. The summed E-state index contributed by atoms with van der Waals surface area (Å²) in [6.07, 6.45) is 0.797. The average Bonchev–Trinajstić information content (AvgIpc) is 2.94. The van der Waals surface area contributed by atoms with Crippen molar-refractivity contribution < 1.29 is 14.5 Å². The van der Waals surface area contributed by atoms with Crippen molar-refractivity contribution >= 4 is 17.3 Å². The molecule has 1 saturated heterocycles. The zero-order chi connectivity index (χ0) is 14.7. The standard InChI is InChI=1S/C12H16N4O4/c1-20-9-4-5-15(7-9)12(17)8-2-3-10(14-13)11(6-8)16(18)19/h2-3,6,9,14H,4-5,7,13H2,1H3. The van der Waals surface area contributed by atoms with Crippen molar-refractivity contribution in [2.45, 2.75) is 12.5 Å². The summed E-state index contributed by atoms with van der Waals surface area (Å²) in [5.41, 5.74) is 2.46. The van der Waals surface area contributed by atoms with Crippen LogP contribution in [0.1, 0.15) is 16.8 Å². The minimum atomic E-state index is -0.575. The summed E-state index contributed by atoms with van der Waals surface area (Å²) in [6.45, 7) is 1.09. The summed E-state index contributed by atoms with van der Waals surface area (Å²) in [7, 11) is 1.60. The molecule has 1 unspecified atom stereocenters. The van der Waals surface area contributed by atoms with Crippen LogP contribution in [0.2, 0.25) is 0 Å². The van der Waals surface area contributed by atoms with E-state index in [0.717, 1.165) is 6.42 Å². The Labute approximate surface area is 115 Å². The lowest BCUT2D eigenvalue weighted by Gasteiger charge is -2.16. The normalized spacial score (nSPS) is 18.1. The summed E-state index contributed by atoms with van der Waals surface area (Å²) in [4.78, 5) is 24.3. The van der Waals surface area contributed by atoms with E-state index in [-0.39, 0.29) is 28.9 Å². The minimum absolute atomic E-state index is 0.0268. The number of nitro benzene ring substituents is 1. The smallest absolute Gasteiger partial charge is 0.294 e. The largest absolute Gasteiger partial charge is 0.380 e. The first-order valence-electron chi connectivity index (χ1n) is 6.14. The molecule has 0 saturated carbocycles. The minimum Gasteiger partial charge on any atom is -0.380 e. The van der Waals surface area contributed by atoms with Crippen LogP contribution < -0.4 is 11.3 Å². The fraction of sp³-hybridized carbons (Fsp3) is 0.417. The summed E-state index contributed by atoms with van der Waals surface area (Å²) >= 11 is 0. The Morgan fingerprint density at radius 2 is 2.35 bits per heavy atom. The Bertz CT molecular complexity index is 534. The van der Waals surface area contributed by atoms with Gasteiger partial charge in [0.1, 0.15) is 5.69 Å². The van der Waals surface area contributed by atoms with Crippen LogP contribution in [0.15, 0.2) is 18.2 Å². The number of benzene rings is 1. The number of hydrogen-bond donors (Lipinski definition) is 2. The van der Waals surface area contributed by atoms with E-state index in [1.165, 1.54) is 18.2 Å². The first-order valence-corrected chi connectivity index (χ1v) is 6.14. The highest BCUT2D eigenvalue weighted by Gasteiger charge is 2.28. The van der Waals surface area contributed by atoms with E-state index >= 15 is 0 Å². The van der Waals surface area contributed by atoms with Crippen LogP contribution in [0.25, 0.3) is 0 Å². The fourth-order valence-corrected chi connectivity index (χ4v) is 2.23. The molecule has 1 fully saturated rings. The van der Waals surface area contributed by atoms with Crippen molar-refractivity contribution in [2.75, 3.05) is 25.6 Å². The van der Waals surface area contributed by atoms with Gasteiger partial charge in [-0.3, -0.25) is 20.8 Å². The molecule has 2 rings (SSSR count). The second-order valence-electron chi connectivity index (χ2n) is 4.53. The van der Waals surface area contributed by atoms with Crippen molar-refractivity contribution in [3.8, 4) is 0 Å². The van der Waals surface area contributed by atoms with Gasteiger partial charge in [-0.25, -0.2) is 0 Å². The molecule has 0 radical (unpaired) electrons. The number of nitrogens with two attached hydrogens (primary N) is 1. The number of carbonyl (C=O) groups excluding carboxylic acids is 1. The van der Waals surface area contributed by atoms with Crippen LogP contribution in [0.5, 0.6) is 0 Å². The van der Waals surface area contributed by atoms with E-state index < -0.39 is 4.92 Å². The van der Waals surface area contributed by atoms with Gasteiger partial charge in [-0.2, -0.15) is 0 Å². The molecule has 1 amide bonds. The summed E-state index contributed by atoms with van der Waals surface area (Å²) in [5.74, 6) is 4.97. The number of amides is 1. The number of ether oxygens (including phenoxy) is 1. The molecule has 0 bridgehead atoms. The molecule has 108 valence electrons. The summed E-state index contributed by atoms with van der Waals surface area (Å²) in [6, 6.07) is 4.18. The maximum atomic E-state index is 12.3. The molecule has 0 spiro atoms. The third-order valence-electron chi connectivity index (χ3n) is 3.36. The third-order valence-corrected chi connectivity index (χ3v) is 3.36. The highest BCUT2D eigenvalue weighted by atomic mass is 16.6. The number of anilines is 1. The first-order chi connectivity index (χ1) is 9.56. The van der Waals surface area contributed by atoms with Crippen LogP contribution in [-0.4, -0.2) is 42.0 Å². The second-order valence-corrected chi connectivity index (χ2v) is 4.53. The van der Waals surface area contributed by atoms with Crippen molar-refractivity contribution in [2.24, 2.45) is 5.84 Å². The maximum absolute atomic E-state index is 12.3. The third kappa shape index (κ3) is 2.70. The first kappa shape index (κ1) is 14.2. The lowest BCUT2D eigenvalue weighted by molar-refractivity contribution is -0.384. The number of nitrogens with zero attached hydrogens (tertiary/aromatic N) is 2. The molecular weight excluding hydrogens is 264 g/mol. The molecule has 8 heteroatoms. The molecule has 0 aliphatic carbocycles. The number of hydrazine groups is 1. The molecule has 1 aliphatic heterocycles. The Morgan fingerprint density at radius 1 is 1.60 bits per heavy atom. The number of hydrogen-bond acceptors (Lipinski definition) is 6. The number of nitrogen functional groups attached to an aromatic ring is 1. The van der Waals surface area contributed by atoms with Gasteiger partial charge >= 0.3 is 0 Å². The van der Waals surface area contributed by atoms with Crippen LogP contribution in [0.3, 0.4) is 0 Å². The van der Waals surface area contributed by atoms with E-state index in [4.69, 9.17) is 10.6 Å². The van der Waals surface area contributed by atoms with Crippen LogP contribution in [0.4, 0.5) is 11.4 Å². The van der Waals surface area contributed by atoms with Gasteiger partial charge in [-0.05, 0) is 18.6 Å². The van der Waals surface area contributed by atoms with E-state index in [1.54, 1.807) is 12.0 Å². The second kappa shape index (κ2) is 5.85. The van der Waals surface area contributed by atoms with Gasteiger partial charge in [0.15, 0.2) is 0 Å².